The Kier molecular flexibility index (Phi) is 4.77. The van der Waals surface area contributed by atoms with E-state index in [4.69, 9.17) is 0 Å². The minimum absolute atomic E-state index is 0.0246. The molecule has 0 amide bonds. The van der Waals surface area contributed by atoms with Gasteiger partial charge in [0.25, 0.3) is 5.69 Å². The zero-order valence-electron chi connectivity index (χ0n) is 11.5. The summed E-state index contributed by atoms with van der Waals surface area (Å²) in [5.74, 6) is 0.462. The van der Waals surface area contributed by atoms with Gasteiger partial charge >= 0.3 is 6.61 Å². The third-order valence-electron chi connectivity index (χ3n) is 2.73. The molecule has 22 heavy (non-hydrogen) atoms. The second kappa shape index (κ2) is 6.74. The summed E-state index contributed by atoms with van der Waals surface area (Å²) >= 11 is 0. The number of alkyl halides is 2. The molecule has 7 nitrogen and oxygen atoms in total. The van der Waals surface area contributed by atoms with E-state index in [1.165, 1.54) is 24.4 Å². The number of pyridine rings is 2. The van der Waals surface area contributed by atoms with Gasteiger partial charge in [0.05, 0.1) is 23.4 Å². The van der Waals surface area contributed by atoms with Gasteiger partial charge in [-0.25, -0.2) is 4.98 Å². The molecule has 0 aromatic carbocycles. The molecule has 0 aliphatic heterocycles. The highest BCUT2D eigenvalue weighted by atomic mass is 19.3. The highest BCUT2D eigenvalue weighted by molar-refractivity contribution is 5.48. The Morgan fingerprint density at radius 2 is 2.14 bits per heavy atom. The molecule has 0 aliphatic carbocycles. The SMILES string of the molecule is Cc1cc([N+](=O)[O-])cnc1NCc1ccc(OC(F)F)cn1. The summed E-state index contributed by atoms with van der Waals surface area (Å²) in [5.41, 5.74) is 1.11. The van der Waals surface area contributed by atoms with Gasteiger partial charge in [-0.15, -0.1) is 0 Å². The molecule has 2 aromatic rings. The first-order chi connectivity index (χ1) is 10.5. The average molecular weight is 310 g/mol. The van der Waals surface area contributed by atoms with Gasteiger partial charge in [0.2, 0.25) is 0 Å². The Morgan fingerprint density at radius 1 is 1.36 bits per heavy atom. The first-order valence-corrected chi connectivity index (χ1v) is 6.20. The second-order valence-corrected chi connectivity index (χ2v) is 4.33. The second-order valence-electron chi connectivity index (χ2n) is 4.33. The summed E-state index contributed by atoms with van der Waals surface area (Å²) in [6, 6.07) is 4.32. The molecule has 0 saturated heterocycles. The molecule has 0 radical (unpaired) electrons. The van der Waals surface area contributed by atoms with Gasteiger partial charge < -0.3 is 10.1 Å². The maximum atomic E-state index is 12.0. The highest BCUT2D eigenvalue weighted by Crippen LogP contribution is 2.19. The molecule has 0 bridgehead atoms. The molecular formula is C13H12F2N4O3. The van der Waals surface area contributed by atoms with Crippen molar-refractivity contribution < 1.29 is 18.4 Å². The first kappa shape index (κ1) is 15.5. The van der Waals surface area contributed by atoms with Crippen LogP contribution in [0.1, 0.15) is 11.3 Å². The van der Waals surface area contributed by atoms with Gasteiger partial charge in [-0.3, -0.25) is 15.1 Å². The average Bonchev–Trinajstić information content (AvgIpc) is 2.46. The van der Waals surface area contributed by atoms with Gasteiger partial charge in [0.1, 0.15) is 17.8 Å². The van der Waals surface area contributed by atoms with Crippen LogP contribution in [-0.4, -0.2) is 21.5 Å². The van der Waals surface area contributed by atoms with Crippen molar-refractivity contribution in [1.82, 2.24) is 9.97 Å². The fourth-order valence-electron chi connectivity index (χ4n) is 1.71. The van der Waals surface area contributed by atoms with Crippen molar-refractivity contribution in [3.8, 4) is 5.75 Å². The molecule has 0 unspecified atom stereocenters. The monoisotopic (exact) mass is 310 g/mol. The molecule has 116 valence electrons. The van der Waals surface area contributed by atoms with E-state index in [1.54, 1.807) is 6.92 Å². The van der Waals surface area contributed by atoms with Gasteiger partial charge in [-0.2, -0.15) is 8.78 Å². The lowest BCUT2D eigenvalue weighted by molar-refractivity contribution is -0.385. The van der Waals surface area contributed by atoms with Crippen molar-refractivity contribution in [2.45, 2.75) is 20.1 Å². The Balaban J connectivity index is 1.99. The summed E-state index contributed by atoms with van der Waals surface area (Å²) in [6.07, 6.45) is 2.35. The minimum Gasteiger partial charge on any atom is -0.433 e. The molecule has 9 heteroatoms. The molecule has 2 heterocycles. The number of aryl methyl sites for hydroxylation is 1. The number of nitro groups is 1. The predicted octanol–water partition coefficient (Wildman–Crippen LogP) is 2.91. The van der Waals surface area contributed by atoms with Crippen molar-refractivity contribution in [2.75, 3.05) is 5.32 Å². The van der Waals surface area contributed by atoms with Crippen LogP contribution in [0.2, 0.25) is 0 Å². The van der Waals surface area contributed by atoms with E-state index in [9.17, 15) is 18.9 Å². The van der Waals surface area contributed by atoms with Crippen LogP contribution in [0.25, 0.3) is 0 Å². The minimum atomic E-state index is -2.89. The van der Waals surface area contributed by atoms with Crippen LogP contribution in [0.4, 0.5) is 20.3 Å². The zero-order valence-corrected chi connectivity index (χ0v) is 11.5. The number of aromatic nitrogens is 2. The molecular weight excluding hydrogens is 298 g/mol. The predicted molar refractivity (Wildman–Crippen MR) is 73.8 cm³/mol. The number of anilines is 1. The Morgan fingerprint density at radius 3 is 2.68 bits per heavy atom. The van der Waals surface area contributed by atoms with E-state index >= 15 is 0 Å². The van der Waals surface area contributed by atoms with Crippen LogP contribution in [0, 0.1) is 17.0 Å². The van der Waals surface area contributed by atoms with Crippen molar-refractivity contribution in [2.24, 2.45) is 0 Å². The lowest BCUT2D eigenvalue weighted by atomic mass is 10.2. The number of hydrogen-bond donors (Lipinski definition) is 1. The molecule has 2 aromatic heterocycles. The number of rotatable bonds is 6. The van der Waals surface area contributed by atoms with Crippen molar-refractivity contribution in [3.63, 3.8) is 0 Å². The Labute approximate surface area is 124 Å². The number of nitrogens with zero attached hydrogens (tertiary/aromatic N) is 3. The fourth-order valence-corrected chi connectivity index (χ4v) is 1.71. The van der Waals surface area contributed by atoms with Crippen LogP contribution in [0.3, 0.4) is 0 Å². The third kappa shape index (κ3) is 4.08. The number of ether oxygens (including phenoxy) is 1. The smallest absolute Gasteiger partial charge is 0.387 e. The van der Waals surface area contributed by atoms with Gasteiger partial charge in [0.15, 0.2) is 0 Å². The van der Waals surface area contributed by atoms with Crippen molar-refractivity contribution in [1.29, 1.82) is 0 Å². The molecule has 2 rings (SSSR count). The van der Waals surface area contributed by atoms with Crippen LogP contribution >= 0.6 is 0 Å². The van der Waals surface area contributed by atoms with Crippen LogP contribution < -0.4 is 10.1 Å². The summed E-state index contributed by atoms with van der Waals surface area (Å²) in [5, 5.41) is 13.6. The molecule has 0 atom stereocenters. The maximum Gasteiger partial charge on any atom is 0.387 e. The highest BCUT2D eigenvalue weighted by Gasteiger charge is 2.09. The third-order valence-corrected chi connectivity index (χ3v) is 2.73. The van der Waals surface area contributed by atoms with Crippen molar-refractivity contribution >= 4 is 11.5 Å². The number of nitrogens with one attached hydrogen (secondary N) is 1. The molecule has 0 aliphatic rings. The van der Waals surface area contributed by atoms with Crippen LogP contribution in [0.5, 0.6) is 5.75 Å². The lowest BCUT2D eigenvalue weighted by Crippen LogP contribution is -2.06. The molecule has 0 fully saturated rings. The fraction of sp³-hybridized carbons (Fsp3) is 0.231. The van der Waals surface area contributed by atoms with E-state index in [0.717, 1.165) is 6.20 Å². The number of halogens is 2. The number of hydrogen-bond acceptors (Lipinski definition) is 6. The van der Waals surface area contributed by atoms with Gasteiger partial charge in [-0.05, 0) is 24.6 Å². The molecule has 0 spiro atoms. The van der Waals surface area contributed by atoms with E-state index in [1.807, 2.05) is 0 Å². The van der Waals surface area contributed by atoms with Crippen molar-refractivity contribution in [3.05, 3.63) is 52.0 Å². The maximum absolute atomic E-state index is 12.0. The van der Waals surface area contributed by atoms with E-state index in [2.05, 4.69) is 20.0 Å². The standard InChI is InChI=1S/C13H12F2N4O3/c1-8-4-10(19(20)21)6-18-12(8)17-5-9-2-3-11(7-16-9)22-13(14)15/h2-4,6-7,13H,5H2,1H3,(H,17,18). The lowest BCUT2D eigenvalue weighted by Gasteiger charge is -2.08. The molecule has 0 saturated carbocycles. The zero-order chi connectivity index (χ0) is 16.1. The van der Waals surface area contributed by atoms with Crippen LogP contribution in [0.15, 0.2) is 30.6 Å². The molecule has 1 N–H and O–H groups in total. The van der Waals surface area contributed by atoms with Gasteiger partial charge in [-0.1, -0.05) is 0 Å². The van der Waals surface area contributed by atoms with E-state index in [0.29, 0.717) is 23.6 Å². The van der Waals surface area contributed by atoms with E-state index < -0.39 is 11.5 Å². The topological polar surface area (TPSA) is 90.2 Å². The van der Waals surface area contributed by atoms with Crippen LogP contribution in [-0.2, 0) is 6.54 Å². The summed E-state index contributed by atoms with van der Waals surface area (Å²) < 4.78 is 28.2. The largest absolute Gasteiger partial charge is 0.433 e. The Bertz CT molecular complexity index is 665. The Hall–Kier alpha value is -2.84. The first-order valence-electron chi connectivity index (χ1n) is 6.20. The van der Waals surface area contributed by atoms with Gasteiger partial charge in [0, 0.05) is 6.07 Å². The normalized spacial score (nSPS) is 10.5. The summed E-state index contributed by atoms with van der Waals surface area (Å²) in [4.78, 5) is 18.0. The summed E-state index contributed by atoms with van der Waals surface area (Å²) in [7, 11) is 0. The van der Waals surface area contributed by atoms with E-state index in [-0.39, 0.29) is 11.4 Å². The quantitative estimate of drug-likeness (QED) is 0.651. The summed E-state index contributed by atoms with van der Waals surface area (Å²) in [6.45, 7) is -0.909.